The van der Waals surface area contributed by atoms with E-state index in [0.29, 0.717) is 0 Å². The fourth-order valence-corrected chi connectivity index (χ4v) is 12.0. The summed E-state index contributed by atoms with van der Waals surface area (Å²) < 4.78 is 14.4. The van der Waals surface area contributed by atoms with Crippen LogP contribution in [0.5, 0.6) is 0 Å². The maximum absolute atomic E-state index is 11.3. The van der Waals surface area contributed by atoms with E-state index in [2.05, 4.69) is 45.7 Å². The summed E-state index contributed by atoms with van der Waals surface area (Å²) in [6, 6.07) is 0. The molecule has 28 heavy (non-hydrogen) atoms. The van der Waals surface area contributed by atoms with Crippen molar-refractivity contribution in [3.05, 3.63) is 11.6 Å². The molecule has 1 aliphatic rings. The summed E-state index contributed by atoms with van der Waals surface area (Å²) in [4.78, 5) is 11.3. The van der Waals surface area contributed by atoms with Crippen LogP contribution in [0.3, 0.4) is 0 Å². The Hall–Kier alpha value is -1.12. The zero-order chi connectivity index (χ0) is 21.2. The SMILES string of the molecule is CCC[CH2][Sn+]([CH2]CCC)[CH2]CCC.CCOC(=O)C1=NN=N/C1=C(/[O-])OCC. The Kier molecular flexibility index (Phi) is 17.2. The molecule has 0 aliphatic carbocycles. The molecule has 1 rings (SSSR count). The molecule has 0 aromatic heterocycles. The van der Waals surface area contributed by atoms with Gasteiger partial charge in [0.25, 0.3) is 0 Å². The van der Waals surface area contributed by atoms with Crippen molar-refractivity contribution in [1.29, 1.82) is 0 Å². The third kappa shape index (κ3) is 11.7. The van der Waals surface area contributed by atoms with Crippen molar-refractivity contribution in [3.63, 3.8) is 0 Å². The van der Waals surface area contributed by atoms with Crippen LogP contribution >= 0.6 is 0 Å². The molecule has 1 heterocycles. The van der Waals surface area contributed by atoms with E-state index in [1.807, 2.05) is 0 Å². The number of carbonyl (C=O) groups is 1. The van der Waals surface area contributed by atoms with Crippen LogP contribution in [-0.2, 0) is 14.3 Å². The Morgan fingerprint density at radius 1 is 0.893 bits per heavy atom. The average Bonchev–Trinajstić information content (AvgIpc) is 3.18. The van der Waals surface area contributed by atoms with Gasteiger partial charge in [-0.15, -0.1) is 10.2 Å². The number of carbonyl (C=O) groups excluding carboxylic acids is 1. The molecule has 0 atom stereocenters. The molecular formula is C20H37N3O4Sn. The molecule has 0 N–H and O–H groups in total. The second-order valence-electron chi connectivity index (χ2n) is 6.49. The number of rotatable bonds is 13. The fraction of sp³-hybridized carbons (Fsp3) is 0.800. The van der Waals surface area contributed by atoms with Crippen LogP contribution in [0, 0.1) is 0 Å². The van der Waals surface area contributed by atoms with Crippen LogP contribution in [0.25, 0.3) is 0 Å². The zero-order valence-electron chi connectivity index (χ0n) is 18.3. The molecule has 0 unspecified atom stereocenters. The summed E-state index contributed by atoms with van der Waals surface area (Å²) in [5, 5.41) is 21.3. The number of unbranched alkanes of at least 4 members (excludes halogenated alkanes) is 3. The smallest absolute Gasteiger partial charge is 0.361 e. The number of esters is 1. The Morgan fingerprint density at radius 3 is 1.82 bits per heavy atom. The first-order valence-corrected chi connectivity index (χ1v) is 16.6. The zero-order valence-corrected chi connectivity index (χ0v) is 21.1. The van der Waals surface area contributed by atoms with Crippen molar-refractivity contribution in [1.82, 2.24) is 0 Å². The summed E-state index contributed by atoms with van der Waals surface area (Å²) in [6.07, 6.45) is 8.85. The van der Waals surface area contributed by atoms with Gasteiger partial charge in [0.2, 0.25) is 5.71 Å². The molecular weight excluding hydrogens is 465 g/mol. The minimum atomic E-state index is -0.839. The Morgan fingerprint density at radius 2 is 1.39 bits per heavy atom. The first-order chi connectivity index (χ1) is 13.5. The van der Waals surface area contributed by atoms with Crippen molar-refractivity contribution >= 4 is 31.4 Å². The largest absolute Gasteiger partial charge is 0.612 e. The van der Waals surface area contributed by atoms with Gasteiger partial charge in [0.1, 0.15) is 5.70 Å². The third-order valence-corrected chi connectivity index (χ3v) is 13.2. The molecule has 1 aliphatic heterocycles. The topological polar surface area (TPSA) is 95.7 Å². The van der Waals surface area contributed by atoms with Crippen molar-refractivity contribution in [2.24, 2.45) is 15.4 Å². The van der Waals surface area contributed by atoms with E-state index < -0.39 is 31.7 Å². The van der Waals surface area contributed by atoms with E-state index in [-0.39, 0.29) is 24.6 Å². The van der Waals surface area contributed by atoms with Crippen molar-refractivity contribution < 1.29 is 19.4 Å². The monoisotopic (exact) mass is 503 g/mol. The average molecular weight is 502 g/mol. The van der Waals surface area contributed by atoms with E-state index in [4.69, 9.17) is 0 Å². The Bertz CT molecular complexity index is 503. The van der Waals surface area contributed by atoms with Gasteiger partial charge in [0.05, 0.1) is 12.6 Å². The number of hydrogen-bond donors (Lipinski definition) is 0. The number of ether oxygens (including phenoxy) is 2. The molecule has 0 bridgehead atoms. The van der Waals surface area contributed by atoms with Gasteiger partial charge in [-0.1, -0.05) is 6.92 Å². The summed E-state index contributed by atoms with van der Waals surface area (Å²) in [5.41, 5.74) is -0.425. The van der Waals surface area contributed by atoms with Crippen LogP contribution in [0.1, 0.15) is 73.1 Å². The Labute approximate surface area is 177 Å². The predicted octanol–water partition coefficient (Wildman–Crippen LogP) is 4.82. The van der Waals surface area contributed by atoms with E-state index in [0.717, 1.165) is 0 Å². The molecule has 8 heteroatoms. The summed E-state index contributed by atoms with van der Waals surface area (Å²) in [5.74, 6) is -1.46. The number of nitrogens with zero attached hydrogens (tertiary/aromatic N) is 3. The molecule has 0 fully saturated rings. The first-order valence-electron chi connectivity index (χ1n) is 10.6. The molecule has 7 nitrogen and oxygen atoms in total. The van der Waals surface area contributed by atoms with E-state index in [1.165, 1.54) is 38.5 Å². The third-order valence-electron chi connectivity index (χ3n) is 4.10. The summed E-state index contributed by atoms with van der Waals surface area (Å²) >= 11 is -0.839. The minimum Gasteiger partial charge on any atom is -0.612 e. The predicted molar refractivity (Wildman–Crippen MR) is 112 cm³/mol. The van der Waals surface area contributed by atoms with Crippen molar-refractivity contribution in [2.75, 3.05) is 13.2 Å². The van der Waals surface area contributed by atoms with Gasteiger partial charge >= 0.3 is 98.3 Å². The van der Waals surface area contributed by atoms with E-state index >= 15 is 0 Å². The van der Waals surface area contributed by atoms with Crippen LogP contribution < -0.4 is 5.11 Å². The molecule has 0 radical (unpaired) electrons. The maximum Gasteiger partial charge on any atom is 0.361 e. The molecule has 0 saturated heterocycles. The molecule has 0 amide bonds. The first kappa shape index (κ1) is 26.9. The van der Waals surface area contributed by atoms with Gasteiger partial charge in [-0.25, -0.2) is 4.79 Å². The second-order valence-corrected chi connectivity index (χ2v) is 15.1. The molecule has 0 saturated carbocycles. The standard InChI is InChI=1S/C8H11N3O4.3C4H9.Sn/c1-3-14-7(12)5-6(10-11-9-5)8(13)15-4-2;3*1-3-4-2;/h12H,3-4H2,1-2H3;3*1,3-4H2,2H3;/q;;;;+1/p-1/b7-5-;;;;. The van der Waals surface area contributed by atoms with Crippen LogP contribution in [0.15, 0.2) is 27.1 Å². The van der Waals surface area contributed by atoms with Gasteiger partial charge in [-0.2, -0.15) is 0 Å². The van der Waals surface area contributed by atoms with E-state index in [1.54, 1.807) is 27.2 Å². The fourth-order valence-electron chi connectivity index (χ4n) is 2.54. The molecule has 0 aromatic rings. The van der Waals surface area contributed by atoms with Crippen molar-refractivity contribution in [3.8, 4) is 0 Å². The summed E-state index contributed by atoms with van der Waals surface area (Å²) in [7, 11) is 0. The normalized spacial score (nSPS) is 14.1. The minimum absolute atomic E-state index is 0.188. The summed E-state index contributed by atoms with van der Waals surface area (Å²) in [6.45, 7) is 10.7. The van der Waals surface area contributed by atoms with Gasteiger partial charge in [0, 0.05) is 0 Å². The van der Waals surface area contributed by atoms with Gasteiger partial charge < -0.3 is 14.6 Å². The maximum atomic E-state index is 11.3. The van der Waals surface area contributed by atoms with Crippen molar-refractivity contribution in [2.45, 2.75) is 86.5 Å². The molecule has 160 valence electrons. The van der Waals surface area contributed by atoms with Crippen LogP contribution in [0.2, 0.25) is 13.3 Å². The van der Waals surface area contributed by atoms with Crippen LogP contribution in [-0.4, -0.2) is 44.7 Å². The quantitative estimate of drug-likeness (QED) is 0.205. The van der Waals surface area contributed by atoms with Gasteiger partial charge in [-0.05, 0) is 18.8 Å². The number of hydrogen-bond acceptors (Lipinski definition) is 7. The molecule has 0 spiro atoms. The molecule has 0 aromatic carbocycles. The Balaban J connectivity index is 0.000000528. The van der Waals surface area contributed by atoms with Gasteiger partial charge in [0.15, 0.2) is 0 Å². The van der Waals surface area contributed by atoms with Gasteiger partial charge in [-0.3, -0.25) is 0 Å². The van der Waals surface area contributed by atoms with Crippen LogP contribution in [0.4, 0.5) is 0 Å². The van der Waals surface area contributed by atoms with E-state index in [9.17, 15) is 9.90 Å². The second kappa shape index (κ2) is 17.9.